The molecule has 130 valence electrons. The van der Waals surface area contributed by atoms with Crippen LogP contribution in [-0.4, -0.2) is 27.4 Å². The second-order valence-corrected chi connectivity index (χ2v) is 5.84. The fourth-order valence-corrected chi connectivity index (χ4v) is 2.83. The molecule has 1 N–H and O–H groups in total. The van der Waals surface area contributed by atoms with Crippen molar-refractivity contribution in [2.45, 2.75) is 26.4 Å². The number of hydrogen-bond acceptors (Lipinski definition) is 4. The van der Waals surface area contributed by atoms with Gasteiger partial charge in [0.1, 0.15) is 5.76 Å². The minimum Gasteiger partial charge on any atom is -0.467 e. The number of fused-ring (bicyclic) bond motifs is 1. The van der Waals surface area contributed by atoms with Crippen LogP contribution < -0.4 is 11.1 Å². The van der Waals surface area contributed by atoms with Crippen LogP contribution in [0.4, 0.5) is 0 Å². The number of hydrogen-bond donors (Lipinski definition) is 1. The van der Waals surface area contributed by atoms with Crippen LogP contribution in [0.2, 0.25) is 0 Å². The number of benzene rings is 1. The Morgan fingerprint density at radius 1 is 1.32 bits per heavy atom. The summed E-state index contributed by atoms with van der Waals surface area (Å²) in [5.74, 6) is 0.478. The zero-order valence-corrected chi connectivity index (χ0v) is 14.3. The highest BCUT2D eigenvalue weighted by Gasteiger charge is 2.21. The summed E-state index contributed by atoms with van der Waals surface area (Å²) in [6.07, 6.45) is 1.56. The SMILES string of the molecule is CCn1c(=O)c(=O)[nH]c2cc(C(=O)N(C)C(C)c3ccco3)ccc21. The van der Waals surface area contributed by atoms with E-state index >= 15 is 0 Å². The first-order chi connectivity index (χ1) is 11.9. The Morgan fingerprint density at radius 2 is 2.08 bits per heavy atom. The molecule has 0 fully saturated rings. The summed E-state index contributed by atoms with van der Waals surface area (Å²) in [6.45, 7) is 4.04. The van der Waals surface area contributed by atoms with Gasteiger partial charge in [-0.2, -0.15) is 0 Å². The van der Waals surface area contributed by atoms with Gasteiger partial charge in [0.15, 0.2) is 0 Å². The molecule has 2 heterocycles. The lowest BCUT2D eigenvalue weighted by Gasteiger charge is -2.23. The van der Waals surface area contributed by atoms with Crippen molar-refractivity contribution in [3.05, 3.63) is 68.6 Å². The van der Waals surface area contributed by atoms with Crippen LogP contribution in [0.25, 0.3) is 11.0 Å². The van der Waals surface area contributed by atoms with Gasteiger partial charge < -0.3 is 18.9 Å². The quantitative estimate of drug-likeness (QED) is 0.736. The van der Waals surface area contributed by atoms with E-state index in [9.17, 15) is 14.4 Å². The molecule has 3 aromatic rings. The second kappa shape index (κ2) is 6.43. The first kappa shape index (κ1) is 16.8. The van der Waals surface area contributed by atoms with Crippen molar-refractivity contribution in [1.82, 2.24) is 14.5 Å². The summed E-state index contributed by atoms with van der Waals surface area (Å²) in [4.78, 5) is 40.6. The molecule has 1 amide bonds. The van der Waals surface area contributed by atoms with Crippen LogP contribution in [0.5, 0.6) is 0 Å². The number of aryl methyl sites for hydroxylation is 1. The van der Waals surface area contributed by atoms with E-state index in [4.69, 9.17) is 4.42 Å². The normalized spacial score (nSPS) is 12.3. The zero-order chi connectivity index (χ0) is 18.1. The third-order valence-electron chi connectivity index (χ3n) is 4.39. The van der Waals surface area contributed by atoms with E-state index in [2.05, 4.69) is 4.98 Å². The molecular formula is C18H19N3O4. The van der Waals surface area contributed by atoms with Crippen LogP contribution in [0, 0.1) is 0 Å². The van der Waals surface area contributed by atoms with Gasteiger partial charge in [-0.25, -0.2) is 0 Å². The van der Waals surface area contributed by atoms with Crippen LogP contribution in [0.3, 0.4) is 0 Å². The monoisotopic (exact) mass is 341 g/mol. The van der Waals surface area contributed by atoms with E-state index in [1.54, 1.807) is 49.4 Å². The van der Waals surface area contributed by atoms with Crippen molar-refractivity contribution in [2.24, 2.45) is 0 Å². The Balaban J connectivity index is 2.01. The first-order valence-corrected chi connectivity index (χ1v) is 8.01. The van der Waals surface area contributed by atoms with Crippen LogP contribution >= 0.6 is 0 Å². The lowest BCUT2D eigenvalue weighted by atomic mass is 10.1. The Kier molecular flexibility index (Phi) is 4.31. The number of aromatic nitrogens is 2. The molecule has 0 spiro atoms. The number of carbonyl (C=O) groups is 1. The summed E-state index contributed by atoms with van der Waals surface area (Å²) >= 11 is 0. The Hall–Kier alpha value is -3.09. The summed E-state index contributed by atoms with van der Waals surface area (Å²) in [5, 5.41) is 0. The Bertz CT molecular complexity index is 1030. The average Bonchev–Trinajstić information content (AvgIpc) is 3.15. The molecule has 0 radical (unpaired) electrons. The maximum absolute atomic E-state index is 12.8. The van der Waals surface area contributed by atoms with Gasteiger partial charge in [-0.15, -0.1) is 0 Å². The lowest BCUT2D eigenvalue weighted by molar-refractivity contribution is 0.0726. The van der Waals surface area contributed by atoms with Crippen molar-refractivity contribution in [3.8, 4) is 0 Å². The number of nitrogens with one attached hydrogen (secondary N) is 1. The van der Waals surface area contributed by atoms with E-state index < -0.39 is 11.1 Å². The minimum atomic E-state index is -0.698. The molecule has 0 aliphatic rings. The molecule has 1 unspecified atom stereocenters. The highest BCUT2D eigenvalue weighted by molar-refractivity contribution is 5.97. The van der Waals surface area contributed by atoms with Crippen molar-refractivity contribution < 1.29 is 9.21 Å². The third-order valence-corrected chi connectivity index (χ3v) is 4.39. The largest absolute Gasteiger partial charge is 0.467 e. The molecule has 0 aliphatic carbocycles. The molecule has 0 saturated carbocycles. The molecule has 1 aromatic carbocycles. The molecule has 7 nitrogen and oxygen atoms in total. The number of rotatable bonds is 4. The van der Waals surface area contributed by atoms with Gasteiger partial charge >= 0.3 is 11.1 Å². The number of carbonyl (C=O) groups excluding carboxylic acids is 1. The third kappa shape index (κ3) is 2.88. The smallest absolute Gasteiger partial charge is 0.316 e. The van der Waals surface area contributed by atoms with E-state index in [0.29, 0.717) is 28.9 Å². The van der Waals surface area contributed by atoms with Gasteiger partial charge in [-0.1, -0.05) is 0 Å². The van der Waals surface area contributed by atoms with Crippen molar-refractivity contribution in [1.29, 1.82) is 0 Å². The number of H-pyrrole nitrogens is 1. The van der Waals surface area contributed by atoms with Crippen LogP contribution in [0.15, 0.2) is 50.6 Å². The standard InChI is InChI=1S/C18H19N3O4/c1-4-21-14-8-7-12(10-13(14)19-16(22)18(21)24)17(23)20(3)11(2)15-6-5-9-25-15/h5-11H,4H2,1-3H3,(H,19,22). The maximum atomic E-state index is 12.8. The van der Waals surface area contributed by atoms with Crippen molar-refractivity contribution in [3.63, 3.8) is 0 Å². The van der Waals surface area contributed by atoms with Gasteiger partial charge in [0.25, 0.3) is 5.91 Å². The molecule has 7 heteroatoms. The van der Waals surface area contributed by atoms with E-state index in [1.165, 1.54) is 4.57 Å². The average molecular weight is 341 g/mol. The lowest BCUT2D eigenvalue weighted by Crippen LogP contribution is -2.36. The second-order valence-electron chi connectivity index (χ2n) is 5.84. The van der Waals surface area contributed by atoms with Crippen LogP contribution in [0.1, 0.15) is 36.0 Å². The molecule has 2 aromatic heterocycles. The summed E-state index contributed by atoms with van der Waals surface area (Å²) in [7, 11) is 1.69. The number of furan rings is 1. The molecule has 0 saturated heterocycles. The topological polar surface area (TPSA) is 88.3 Å². The van der Waals surface area contributed by atoms with Gasteiger partial charge in [-0.05, 0) is 44.2 Å². The maximum Gasteiger partial charge on any atom is 0.316 e. The molecular weight excluding hydrogens is 322 g/mol. The zero-order valence-electron chi connectivity index (χ0n) is 14.3. The predicted octanol–water partition coefficient (Wildman–Crippen LogP) is 2.14. The minimum absolute atomic E-state index is 0.208. The summed E-state index contributed by atoms with van der Waals surface area (Å²) < 4.78 is 6.74. The highest BCUT2D eigenvalue weighted by Crippen LogP contribution is 2.22. The summed E-state index contributed by atoms with van der Waals surface area (Å²) in [5.41, 5.74) is 0.168. The predicted molar refractivity (Wildman–Crippen MR) is 93.7 cm³/mol. The Morgan fingerprint density at radius 3 is 2.72 bits per heavy atom. The molecule has 25 heavy (non-hydrogen) atoms. The fraction of sp³-hybridized carbons (Fsp3) is 0.278. The first-order valence-electron chi connectivity index (χ1n) is 8.01. The summed E-state index contributed by atoms with van der Waals surface area (Å²) in [6, 6.07) is 8.27. The van der Waals surface area contributed by atoms with E-state index in [0.717, 1.165) is 0 Å². The van der Waals surface area contributed by atoms with E-state index in [-0.39, 0.29) is 11.9 Å². The van der Waals surface area contributed by atoms with Crippen LogP contribution in [-0.2, 0) is 6.54 Å². The Labute approximate surface area is 143 Å². The van der Waals surface area contributed by atoms with Gasteiger partial charge in [0.05, 0.1) is 23.3 Å². The highest BCUT2D eigenvalue weighted by atomic mass is 16.3. The van der Waals surface area contributed by atoms with Crippen molar-refractivity contribution >= 4 is 16.9 Å². The molecule has 1 atom stereocenters. The van der Waals surface area contributed by atoms with Gasteiger partial charge in [0, 0.05) is 19.2 Å². The van der Waals surface area contributed by atoms with Gasteiger partial charge in [0.2, 0.25) is 0 Å². The number of nitrogens with zero attached hydrogens (tertiary/aromatic N) is 2. The molecule has 0 aliphatic heterocycles. The van der Waals surface area contributed by atoms with E-state index in [1.807, 2.05) is 13.0 Å². The number of amides is 1. The number of aromatic amines is 1. The molecule has 0 bridgehead atoms. The fourth-order valence-electron chi connectivity index (χ4n) is 2.83. The van der Waals surface area contributed by atoms with Crippen molar-refractivity contribution in [2.75, 3.05) is 7.05 Å². The van der Waals surface area contributed by atoms with Gasteiger partial charge in [-0.3, -0.25) is 14.4 Å². The molecule has 3 rings (SSSR count).